The number of likely N-dealkylation sites (N-methyl/N-ethyl adjacent to an activating group) is 1. The van der Waals surface area contributed by atoms with Crippen molar-refractivity contribution in [1.82, 2.24) is 10.2 Å². The molecular weight excluding hydrogens is 264 g/mol. The topological polar surface area (TPSA) is 33.7 Å². The first-order valence-electron chi connectivity index (χ1n) is 7.68. The first-order chi connectivity index (χ1) is 10.0. The fourth-order valence-electron chi connectivity index (χ4n) is 3.44. The van der Waals surface area contributed by atoms with Gasteiger partial charge in [-0.05, 0) is 64.5 Å². The number of nitrogens with zero attached hydrogens (tertiary/aromatic N) is 1. The van der Waals surface area contributed by atoms with Crippen LogP contribution in [0.2, 0.25) is 0 Å². The zero-order chi connectivity index (χ0) is 15.5. The van der Waals surface area contributed by atoms with Crippen LogP contribution in [0.15, 0.2) is 18.2 Å². The fourth-order valence-corrected chi connectivity index (χ4v) is 3.44. The van der Waals surface area contributed by atoms with Gasteiger partial charge in [-0.3, -0.25) is 4.90 Å². The van der Waals surface area contributed by atoms with E-state index in [1.807, 2.05) is 13.1 Å². The van der Waals surface area contributed by atoms with Crippen molar-refractivity contribution in [2.45, 2.75) is 38.3 Å². The van der Waals surface area contributed by atoms with Crippen LogP contribution >= 0.6 is 0 Å². The summed E-state index contributed by atoms with van der Waals surface area (Å²) in [6.45, 7) is 6.99. The summed E-state index contributed by atoms with van der Waals surface area (Å²) < 4.78 is 10.8. The number of likely N-dealkylation sites (tertiary alicyclic amines) is 1. The quantitative estimate of drug-likeness (QED) is 0.874. The Kier molecular flexibility index (Phi) is 5.12. The van der Waals surface area contributed by atoms with Crippen LogP contribution in [-0.2, 0) is 0 Å². The van der Waals surface area contributed by atoms with E-state index in [1.165, 1.54) is 31.5 Å². The Morgan fingerprint density at radius 3 is 2.24 bits per heavy atom. The Morgan fingerprint density at radius 1 is 1.10 bits per heavy atom. The van der Waals surface area contributed by atoms with Gasteiger partial charge in [-0.1, -0.05) is 6.07 Å². The SMILES string of the molecule is CNC(c1ccc(OC)c(OC)c1)C(C)(C)N1CCCC1. The molecule has 1 heterocycles. The molecule has 1 N–H and O–H groups in total. The Balaban J connectivity index is 2.32. The number of nitrogens with one attached hydrogen (secondary N) is 1. The molecule has 1 aliphatic heterocycles. The van der Waals surface area contributed by atoms with Gasteiger partial charge in [-0.15, -0.1) is 0 Å². The van der Waals surface area contributed by atoms with Gasteiger partial charge in [-0.2, -0.15) is 0 Å². The minimum atomic E-state index is 0.0604. The van der Waals surface area contributed by atoms with Crippen molar-refractivity contribution >= 4 is 0 Å². The van der Waals surface area contributed by atoms with Gasteiger partial charge in [0.25, 0.3) is 0 Å². The summed E-state index contributed by atoms with van der Waals surface area (Å²) in [6, 6.07) is 6.44. The Hall–Kier alpha value is -1.26. The average Bonchev–Trinajstić information content (AvgIpc) is 3.02. The molecule has 118 valence electrons. The zero-order valence-electron chi connectivity index (χ0n) is 13.9. The molecule has 0 spiro atoms. The molecule has 2 rings (SSSR count). The maximum atomic E-state index is 5.44. The lowest BCUT2D eigenvalue weighted by Gasteiger charge is -2.42. The van der Waals surface area contributed by atoms with Crippen LogP contribution in [-0.4, -0.2) is 44.8 Å². The third-order valence-corrected chi connectivity index (χ3v) is 4.66. The molecule has 0 saturated carbocycles. The Labute approximate surface area is 128 Å². The molecule has 1 aliphatic rings. The molecule has 0 radical (unpaired) electrons. The summed E-state index contributed by atoms with van der Waals surface area (Å²) >= 11 is 0. The largest absolute Gasteiger partial charge is 0.493 e. The lowest BCUT2D eigenvalue weighted by Crippen LogP contribution is -2.50. The van der Waals surface area contributed by atoms with E-state index in [1.54, 1.807) is 14.2 Å². The summed E-state index contributed by atoms with van der Waals surface area (Å²) in [6.07, 6.45) is 2.59. The van der Waals surface area contributed by atoms with Crippen LogP contribution in [0, 0.1) is 0 Å². The van der Waals surface area contributed by atoms with E-state index in [2.05, 4.69) is 36.2 Å². The molecule has 1 fully saturated rings. The third-order valence-electron chi connectivity index (χ3n) is 4.66. The predicted octanol–water partition coefficient (Wildman–Crippen LogP) is 2.84. The number of hydrogen-bond donors (Lipinski definition) is 1. The Morgan fingerprint density at radius 2 is 1.71 bits per heavy atom. The van der Waals surface area contributed by atoms with Gasteiger partial charge in [0.15, 0.2) is 11.5 Å². The standard InChI is InChI=1S/C17H28N2O2/c1-17(2,19-10-6-7-11-19)16(18-3)13-8-9-14(20-4)15(12-13)21-5/h8-9,12,16,18H,6-7,10-11H2,1-5H3. The molecule has 0 aliphatic carbocycles. The fraction of sp³-hybridized carbons (Fsp3) is 0.647. The smallest absolute Gasteiger partial charge is 0.161 e. The molecule has 1 atom stereocenters. The van der Waals surface area contributed by atoms with Crippen molar-refractivity contribution < 1.29 is 9.47 Å². The van der Waals surface area contributed by atoms with Crippen molar-refractivity contribution in [3.63, 3.8) is 0 Å². The third kappa shape index (κ3) is 3.16. The lowest BCUT2D eigenvalue weighted by atomic mass is 9.87. The van der Waals surface area contributed by atoms with Crippen molar-refractivity contribution in [2.24, 2.45) is 0 Å². The molecule has 1 aromatic rings. The first kappa shape index (κ1) is 16.1. The van der Waals surface area contributed by atoms with Crippen molar-refractivity contribution in [3.05, 3.63) is 23.8 Å². The molecule has 1 aromatic carbocycles. The molecule has 4 nitrogen and oxygen atoms in total. The predicted molar refractivity (Wildman–Crippen MR) is 86.2 cm³/mol. The molecule has 1 unspecified atom stereocenters. The van der Waals surface area contributed by atoms with Crippen molar-refractivity contribution in [2.75, 3.05) is 34.4 Å². The van der Waals surface area contributed by atoms with E-state index >= 15 is 0 Å². The summed E-state index contributed by atoms with van der Waals surface area (Å²) in [5.74, 6) is 1.56. The van der Waals surface area contributed by atoms with Crippen LogP contribution in [0.25, 0.3) is 0 Å². The number of rotatable bonds is 6. The van der Waals surface area contributed by atoms with Gasteiger partial charge < -0.3 is 14.8 Å². The molecule has 0 amide bonds. The van der Waals surface area contributed by atoms with Crippen LogP contribution in [0.1, 0.15) is 38.3 Å². The second-order valence-electron chi connectivity index (χ2n) is 6.18. The van der Waals surface area contributed by atoms with Gasteiger partial charge in [-0.25, -0.2) is 0 Å². The maximum Gasteiger partial charge on any atom is 0.161 e. The molecular formula is C17H28N2O2. The summed E-state index contributed by atoms with van der Waals surface area (Å²) in [5, 5.41) is 3.49. The highest BCUT2D eigenvalue weighted by Crippen LogP contribution is 2.37. The number of benzene rings is 1. The molecule has 0 aromatic heterocycles. The Bertz CT molecular complexity index is 468. The highest BCUT2D eigenvalue weighted by atomic mass is 16.5. The van der Waals surface area contributed by atoms with Gasteiger partial charge in [0, 0.05) is 5.54 Å². The number of ether oxygens (including phenoxy) is 2. The van der Waals surface area contributed by atoms with E-state index in [9.17, 15) is 0 Å². The van der Waals surface area contributed by atoms with E-state index in [0.29, 0.717) is 0 Å². The van der Waals surface area contributed by atoms with Crippen LogP contribution < -0.4 is 14.8 Å². The second kappa shape index (κ2) is 6.67. The highest BCUT2D eigenvalue weighted by molar-refractivity contribution is 5.44. The molecule has 0 bridgehead atoms. The average molecular weight is 292 g/mol. The van der Waals surface area contributed by atoms with E-state index in [-0.39, 0.29) is 11.6 Å². The van der Waals surface area contributed by atoms with Crippen molar-refractivity contribution in [1.29, 1.82) is 0 Å². The maximum absolute atomic E-state index is 5.44. The van der Waals surface area contributed by atoms with Crippen LogP contribution in [0.3, 0.4) is 0 Å². The minimum absolute atomic E-state index is 0.0604. The lowest BCUT2D eigenvalue weighted by molar-refractivity contribution is 0.110. The van der Waals surface area contributed by atoms with E-state index < -0.39 is 0 Å². The monoisotopic (exact) mass is 292 g/mol. The van der Waals surface area contributed by atoms with Crippen LogP contribution in [0.5, 0.6) is 11.5 Å². The molecule has 4 heteroatoms. The van der Waals surface area contributed by atoms with E-state index in [4.69, 9.17) is 9.47 Å². The first-order valence-corrected chi connectivity index (χ1v) is 7.68. The number of methoxy groups -OCH3 is 2. The van der Waals surface area contributed by atoms with Crippen LogP contribution in [0.4, 0.5) is 0 Å². The summed E-state index contributed by atoms with van der Waals surface area (Å²) in [4.78, 5) is 2.57. The van der Waals surface area contributed by atoms with E-state index in [0.717, 1.165) is 11.5 Å². The summed E-state index contributed by atoms with van der Waals surface area (Å²) in [5.41, 5.74) is 1.29. The van der Waals surface area contributed by atoms with Crippen molar-refractivity contribution in [3.8, 4) is 11.5 Å². The normalized spacial score (nSPS) is 17.8. The van der Waals surface area contributed by atoms with Gasteiger partial charge in [0.05, 0.1) is 20.3 Å². The minimum Gasteiger partial charge on any atom is -0.493 e. The van der Waals surface area contributed by atoms with Gasteiger partial charge in [0.2, 0.25) is 0 Å². The highest BCUT2D eigenvalue weighted by Gasteiger charge is 2.37. The summed E-state index contributed by atoms with van der Waals surface area (Å²) in [7, 11) is 5.38. The van der Waals surface area contributed by atoms with Gasteiger partial charge >= 0.3 is 0 Å². The zero-order valence-corrected chi connectivity index (χ0v) is 13.9. The van der Waals surface area contributed by atoms with Gasteiger partial charge in [0.1, 0.15) is 0 Å². The molecule has 1 saturated heterocycles. The molecule has 21 heavy (non-hydrogen) atoms. The number of hydrogen-bond acceptors (Lipinski definition) is 4. The second-order valence-corrected chi connectivity index (χ2v) is 6.18.